The summed E-state index contributed by atoms with van der Waals surface area (Å²) < 4.78 is 8.73. The quantitative estimate of drug-likeness (QED) is 0.520. The number of benzene rings is 1. The van der Waals surface area contributed by atoms with Crippen molar-refractivity contribution in [2.24, 2.45) is 7.05 Å². The predicted octanol–water partition coefficient (Wildman–Crippen LogP) is 1.93. The first-order valence-corrected chi connectivity index (χ1v) is 9.92. The van der Waals surface area contributed by atoms with E-state index >= 15 is 0 Å². The second-order valence-electron chi connectivity index (χ2n) is 7.63. The molecule has 0 amide bonds. The van der Waals surface area contributed by atoms with Crippen LogP contribution in [0.5, 0.6) is 0 Å². The summed E-state index contributed by atoms with van der Waals surface area (Å²) in [5.74, 6) is 0.476. The lowest BCUT2D eigenvalue weighted by Gasteiger charge is -2.13. The number of fused-ring (bicyclic) bond motifs is 2. The summed E-state index contributed by atoms with van der Waals surface area (Å²) in [6.07, 6.45) is 5.78. The number of carbonyl (C=O) groups excluding carboxylic acids is 1. The third-order valence-corrected chi connectivity index (χ3v) is 5.78. The van der Waals surface area contributed by atoms with Crippen molar-refractivity contribution in [3.05, 3.63) is 52.3 Å². The Morgan fingerprint density at radius 2 is 2.03 bits per heavy atom. The average Bonchev–Trinajstić information content (AvgIpc) is 3.48. The molecule has 0 bridgehead atoms. The second kappa shape index (κ2) is 7.10. The summed E-state index contributed by atoms with van der Waals surface area (Å²) in [7, 11) is 3.34. The van der Waals surface area contributed by atoms with E-state index in [1.807, 2.05) is 25.2 Å². The number of methoxy groups -OCH3 is 1. The van der Waals surface area contributed by atoms with Crippen molar-refractivity contribution < 1.29 is 9.53 Å². The minimum atomic E-state index is -0.548. The Morgan fingerprint density at radius 3 is 2.80 bits per heavy atom. The van der Waals surface area contributed by atoms with Gasteiger partial charge in [0.2, 0.25) is 0 Å². The maximum absolute atomic E-state index is 12.2. The number of esters is 1. The van der Waals surface area contributed by atoms with Crippen LogP contribution in [0.4, 0.5) is 0 Å². The van der Waals surface area contributed by atoms with Gasteiger partial charge in [-0.25, -0.2) is 14.9 Å². The number of aromatic nitrogens is 5. The molecule has 0 atom stereocenters. The highest BCUT2D eigenvalue weighted by Crippen LogP contribution is 2.25. The highest BCUT2D eigenvalue weighted by atomic mass is 16.5. The van der Waals surface area contributed by atoms with Gasteiger partial charge in [-0.15, -0.1) is 0 Å². The van der Waals surface area contributed by atoms with Crippen molar-refractivity contribution in [2.75, 3.05) is 20.2 Å². The molecule has 9 heteroatoms. The summed E-state index contributed by atoms with van der Waals surface area (Å²) in [6, 6.07) is 5.91. The minimum absolute atomic E-state index is 0.226. The highest BCUT2D eigenvalue weighted by molar-refractivity contribution is 5.96. The van der Waals surface area contributed by atoms with Gasteiger partial charge in [0, 0.05) is 25.1 Å². The third-order valence-electron chi connectivity index (χ3n) is 5.78. The number of imidazole rings is 1. The largest absolute Gasteiger partial charge is 0.465 e. The standard InChI is InChI=1S/C21H22N6O3/c1-25-17-6-5-13(9-16(17)22-18(25)12-26-7-3-4-8-26)27-10-14-19(23-24-20(14)28)15(11-27)21(29)30-2/h5-6,9-11H,3-4,7-8,12H2,1-2H3,(H,24,28). The first kappa shape index (κ1) is 18.6. The molecule has 1 aromatic heterocycles. The molecule has 9 nitrogen and oxygen atoms in total. The van der Waals surface area contributed by atoms with Crippen LogP contribution in [0.3, 0.4) is 0 Å². The summed E-state index contributed by atoms with van der Waals surface area (Å²) in [5.41, 5.74) is 3.20. The number of pyridine rings is 1. The molecular formula is C21H22N6O3. The van der Waals surface area contributed by atoms with Crippen LogP contribution in [-0.2, 0) is 18.3 Å². The van der Waals surface area contributed by atoms with E-state index in [0.717, 1.165) is 42.2 Å². The Balaban J connectivity index is 1.60. The van der Waals surface area contributed by atoms with Crippen molar-refractivity contribution in [2.45, 2.75) is 19.4 Å². The number of rotatable bonds is 4. The van der Waals surface area contributed by atoms with Gasteiger partial charge < -0.3 is 13.9 Å². The number of nitrogens with zero attached hydrogens (tertiary/aromatic N) is 5. The molecule has 154 valence electrons. The fourth-order valence-corrected chi connectivity index (χ4v) is 4.13. The Hall–Kier alpha value is -3.46. The summed E-state index contributed by atoms with van der Waals surface area (Å²) in [5, 5.41) is 6.37. The van der Waals surface area contributed by atoms with Crippen LogP contribution >= 0.6 is 0 Å². The summed E-state index contributed by atoms with van der Waals surface area (Å²) in [4.78, 5) is 31.6. The van der Waals surface area contributed by atoms with Crippen molar-refractivity contribution in [3.8, 4) is 16.9 Å². The van der Waals surface area contributed by atoms with Gasteiger partial charge in [-0.1, -0.05) is 0 Å². The van der Waals surface area contributed by atoms with Gasteiger partial charge in [0.1, 0.15) is 17.1 Å². The molecule has 0 radical (unpaired) electrons. The van der Waals surface area contributed by atoms with Crippen LogP contribution in [0.2, 0.25) is 0 Å². The Bertz CT molecular complexity index is 1280. The first-order chi connectivity index (χ1) is 14.5. The number of aryl methyl sites for hydroxylation is 1. The SMILES string of the molecule is COC(=O)c1cn(-c2ccc3c(c2)nc(CN2CCCC2)n3C)cc2c(=O)[nH]nc1-2. The molecule has 1 fully saturated rings. The third kappa shape index (κ3) is 2.98. The van der Waals surface area contributed by atoms with E-state index in [4.69, 9.17) is 9.72 Å². The number of aromatic amines is 1. The molecule has 3 aliphatic rings. The number of ether oxygens (including phenoxy) is 1. The Morgan fingerprint density at radius 1 is 1.23 bits per heavy atom. The molecule has 1 saturated heterocycles. The van der Waals surface area contributed by atoms with E-state index in [1.54, 1.807) is 17.0 Å². The smallest absolute Gasteiger partial charge is 0.341 e. The van der Waals surface area contributed by atoms with Crippen LogP contribution in [-0.4, -0.2) is 55.4 Å². The summed E-state index contributed by atoms with van der Waals surface area (Å²) in [6.45, 7) is 3.06. The van der Waals surface area contributed by atoms with Gasteiger partial charge in [0.15, 0.2) is 0 Å². The fraction of sp³-hybridized carbons (Fsp3) is 0.333. The zero-order chi connectivity index (χ0) is 20.8. The molecule has 1 aromatic carbocycles. The molecule has 4 heterocycles. The van der Waals surface area contributed by atoms with Gasteiger partial charge in [-0.2, -0.15) is 5.10 Å². The monoisotopic (exact) mass is 406 g/mol. The molecule has 0 unspecified atom stereocenters. The number of hydrogen-bond acceptors (Lipinski definition) is 6. The topological polar surface area (TPSA) is 98.0 Å². The normalized spacial score (nSPS) is 14.7. The lowest BCUT2D eigenvalue weighted by molar-refractivity contribution is 0.0600. The number of H-pyrrole nitrogens is 1. The number of likely N-dealkylation sites (tertiary alicyclic amines) is 1. The Kier molecular flexibility index (Phi) is 4.39. The maximum Gasteiger partial charge on any atom is 0.341 e. The Labute approximate surface area is 172 Å². The molecule has 30 heavy (non-hydrogen) atoms. The number of nitrogens with one attached hydrogen (secondary N) is 1. The van der Waals surface area contributed by atoms with Crippen LogP contribution < -0.4 is 5.56 Å². The van der Waals surface area contributed by atoms with Crippen LogP contribution in [0.1, 0.15) is 29.0 Å². The average molecular weight is 406 g/mol. The maximum atomic E-state index is 12.2. The highest BCUT2D eigenvalue weighted by Gasteiger charge is 2.22. The van der Waals surface area contributed by atoms with Crippen LogP contribution in [0.15, 0.2) is 35.4 Å². The lowest BCUT2D eigenvalue weighted by Crippen LogP contribution is -2.20. The first-order valence-electron chi connectivity index (χ1n) is 9.92. The van der Waals surface area contributed by atoms with Crippen molar-refractivity contribution in [3.63, 3.8) is 0 Å². The predicted molar refractivity (Wildman–Crippen MR) is 111 cm³/mol. The molecule has 3 aliphatic heterocycles. The fourth-order valence-electron chi connectivity index (χ4n) is 4.13. The molecule has 0 saturated carbocycles. The molecule has 0 aliphatic carbocycles. The molecular weight excluding hydrogens is 384 g/mol. The van der Waals surface area contributed by atoms with Gasteiger partial charge >= 0.3 is 5.97 Å². The van der Waals surface area contributed by atoms with E-state index in [1.165, 1.54) is 20.0 Å². The van der Waals surface area contributed by atoms with Crippen LogP contribution in [0, 0.1) is 0 Å². The number of hydrogen-bond donors (Lipinski definition) is 1. The van der Waals surface area contributed by atoms with Crippen molar-refractivity contribution >= 4 is 17.0 Å². The zero-order valence-corrected chi connectivity index (χ0v) is 16.9. The van der Waals surface area contributed by atoms with E-state index < -0.39 is 5.97 Å². The van der Waals surface area contributed by atoms with E-state index in [-0.39, 0.29) is 11.1 Å². The van der Waals surface area contributed by atoms with E-state index in [2.05, 4.69) is 19.7 Å². The molecule has 5 rings (SSSR count). The van der Waals surface area contributed by atoms with E-state index in [9.17, 15) is 9.59 Å². The van der Waals surface area contributed by atoms with Crippen molar-refractivity contribution in [1.82, 2.24) is 29.2 Å². The van der Waals surface area contributed by atoms with Crippen molar-refractivity contribution in [1.29, 1.82) is 0 Å². The lowest BCUT2D eigenvalue weighted by atomic mass is 10.1. The molecule has 1 N–H and O–H groups in total. The summed E-state index contributed by atoms with van der Waals surface area (Å²) >= 11 is 0. The van der Waals surface area contributed by atoms with Gasteiger partial charge in [0.25, 0.3) is 5.56 Å². The van der Waals surface area contributed by atoms with Gasteiger partial charge in [-0.05, 0) is 44.1 Å². The molecule has 0 spiro atoms. The number of carbonyl (C=O) groups is 1. The van der Waals surface area contributed by atoms with Gasteiger partial charge in [-0.3, -0.25) is 9.69 Å². The molecule has 2 aromatic rings. The second-order valence-corrected chi connectivity index (χ2v) is 7.63. The minimum Gasteiger partial charge on any atom is -0.465 e. The zero-order valence-electron chi connectivity index (χ0n) is 16.9. The van der Waals surface area contributed by atoms with Crippen LogP contribution in [0.25, 0.3) is 28.0 Å². The van der Waals surface area contributed by atoms with E-state index in [0.29, 0.717) is 11.3 Å². The van der Waals surface area contributed by atoms with Gasteiger partial charge in [0.05, 0.1) is 30.3 Å².